The lowest BCUT2D eigenvalue weighted by Crippen LogP contribution is -2.02. The summed E-state index contributed by atoms with van der Waals surface area (Å²) in [5.74, 6) is -0.268. The van der Waals surface area contributed by atoms with E-state index in [4.69, 9.17) is 4.42 Å². The molecule has 2 aromatic rings. The van der Waals surface area contributed by atoms with Gasteiger partial charge in [-0.15, -0.1) is 0 Å². The van der Waals surface area contributed by atoms with Crippen LogP contribution in [0.4, 0.5) is 0 Å². The summed E-state index contributed by atoms with van der Waals surface area (Å²) in [5, 5.41) is 10.0. The van der Waals surface area contributed by atoms with Crippen LogP contribution in [0, 0.1) is 6.92 Å². The summed E-state index contributed by atoms with van der Waals surface area (Å²) in [7, 11) is 1.27. The Balaban J connectivity index is 2.23. The number of aliphatic hydroxyl groups is 1. The molecule has 0 spiro atoms. The molecule has 0 radical (unpaired) electrons. The van der Waals surface area contributed by atoms with Crippen molar-refractivity contribution in [2.24, 2.45) is 0 Å². The maximum Gasteiger partial charge on any atom is 0.373 e. The summed E-state index contributed by atoms with van der Waals surface area (Å²) < 4.78 is 9.74. The molecule has 2 heterocycles. The van der Waals surface area contributed by atoms with Crippen LogP contribution in [0.2, 0.25) is 0 Å². The predicted octanol–water partition coefficient (Wildman–Crippen LogP) is 1.85. The van der Waals surface area contributed by atoms with Crippen molar-refractivity contribution >= 4 is 5.97 Å². The Bertz CT molecular complexity index is 544. The number of carbonyl (C=O) groups excluding carboxylic acids is 1. The second kappa shape index (κ2) is 5.01. The van der Waals surface area contributed by atoms with Crippen molar-refractivity contribution in [3.63, 3.8) is 0 Å². The fraction of sp³-hybridized carbons (Fsp3) is 0.231. The highest BCUT2D eigenvalue weighted by Crippen LogP contribution is 2.22. The Morgan fingerprint density at radius 1 is 1.39 bits per heavy atom. The molecule has 0 aromatic carbocycles. The number of aryl methyl sites for hydroxylation is 1. The predicted molar refractivity (Wildman–Crippen MR) is 63.1 cm³/mol. The maximum atomic E-state index is 11.2. The molecule has 0 aliphatic rings. The number of methoxy groups -OCH3 is 1. The summed E-state index contributed by atoms with van der Waals surface area (Å²) in [4.78, 5) is 15.3. The first-order chi connectivity index (χ1) is 8.61. The average Bonchev–Trinajstić information content (AvgIpc) is 2.87. The second-order valence-corrected chi connectivity index (χ2v) is 3.86. The number of esters is 1. The van der Waals surface area contributed by atoms with Crippen LogP contribution in [0.5, 0.6) is 0 Å². The van der Waals surface area contributed by atoms with Crippen LogP contribution in [-0.4, -0.2) is 23.2 Å². The van der Waals surface area contributed by atoms with Crippen molar-refractivity contribution in [3.8, 4) is 0 Å². The van der Waals surface area contributed by atoms with Gasteiger partial charge in [-0.25, -0.2) is 4.79 Å². The molecule has 0 saturated heterocycles. The van der Waals surface area contributed by atoms with Crippen LogP contribution in [0.15, 0.2) is 34.9 Å². The van der Waals surface area contributed by atoms with Gasteiger partial charge in [-0.2, -0.15) is 0 Å². The van der Waals surface area contributed by atoms with E-state index >= 15 is 0 Å². The van der Waals surface area contributed by atoms with Gasteiger partial charge in [0.2, 0.25) is 5.76 Å². The minimum absolute atomic E-state index is 0.0543. The third-order valence-corrected chi connectivity index (χ3v) is 2.50. The van der Waals surface area contributed by atoms with Gasteiger partial charge in [0.05, 0.1) is 12.8 Å². The van der Waals surface area contributed by atoms with Crippen molar-refractivity contribution in [2.75, 3.05) is 7.11 Å². The number of carbonyl (C=O) groups is 1. The van der Waals surface area contributed by atoms with Gasteiger partial charge < -0.3 is 14.3 Å². The summed E-state index contributed by atoms with van der Waals surface area (Å²) in [5.41, 5.74) is 1.46. The fourth-order valence-corrected chi connectivity index (χ4v) is 1.50. The Hall–Kier alpha value is -2.14. The monoisotopic (exact) mass is 247 g/mol. The molecular formula is C13H13NO4. The van der Waals surface area contributed by atoms with E-state index < -0.39 is 12.1 Å². The number of pyridine rings is 1. The third kappa shape index (κ3) is 2.41. The van der Waals surface area contributed by atoms with Crippen molar-refractivity contribution in [3.05, 3.63) is 53.2 Å². The Morgan fingerprint density at radius 3 is 2.78 bits per heavy atom. The van der Waals surface area contributed by atoms with E-state index in [1.165, 1.54) is 19.2 Å². The smallest absolute Gasteiger partial charge is 0.373 e. The van der Waals surface area contributed by atoms with Crippen molar-refractivity contribution in [1.82, 2.24) is 4.98 Å². The van der Waals surface area contributed by atoms with Gasteiger partial charge in [-0.3, -0.25) is 4.98 Å². The standard InChI is InChI=1S/C13H13NO4/c1-8-3-4-9(14-7-8)12(15)10-5-6-11(18-10)13(16)17-2/h3-7,12,15H,1-2H3. The molecular weight excluding hydrogens is 234 g/mol. The average molecular weight is 247 g/mol. The maximum absolute atomic E-state index is 11.2. The molecule has 0 saturated carbocycles. The highest BCUT2D eigenvalue weighted by atomic mass is 16.5. The highest BCUT2D eigenvalue weighted by Gasteiger charge is 2.18. The van der Waals surface area contributed by atoms with Crippen molar-refractivity contribution in [2.45, 2.75) is 13.0 Å². The van der Waals surface area contributed by atoms with E-state index in [9.17, 15) is 9.90 Å². The van der Waals surface area contributed by atoms with Crippen molar-refractivity contribution < 1.29 is 19.1 Å². The Morgan fingerprint density at radius 2 is 2.17 bits per heavy atom. The van der Waals surface area contributed by atoms with Gasteiger partial charge >= 0.3 is 5.97 Å². The molecule has 2 rings (SSSR count). The first-order valence-electron chi connectivity index (χ1n) is 5.40. The number of nitrogens with zero attached hydrogens (tertiary/aromatic N) is 1. The van der Waals surface area contributed by atoms with E-state index in [-0.39, 0.29) is 11.5 Å². The first kappa shape index (κ1) is 12.3. The number of furan rings is 1. The quantitative estimate of drug-likeness (QED) is 0.838. The van der Waals surface area contributed by atoms with Gasteiger partial charge in [-0.1, -0.05) is 6.07 Å². The topological polar surface area (TPSA) is 72.6 Å². The molecule has 18 heavy (non-hydrogen) atoms. The number of hydrogen-bond donors (Lipinski definition) is 1. The minimum Gasteiger partial charge on any atom is -0.463 e. The molecule has 1 unspecified atom stereocenters. The number of ether oxygens (including phenoxy) is 1. The van der Waals surface area contributed by atoms with Gasteiger partial charge in [0.15, 0.2) is 6.10 Å². The summed E-state index contributed by atoms with van der Waals surface area (Å²) in [6.45, 7) is 1.91. The van der Waals surface area contributed by atoms with E-state index in [2.05, 4.69) is 9.72 Å². The van der Waals surface area contributed by atoms with Crippen LogP contribution < -0.4 is 0 Å². The van der Waals surface area contributed by atoms with Crippen LogP contribution in [0.1, 0.15) is 33.7 Å². The van der Waals surface area contributed by atoms with Gasteiger partial charge in [0, 0.05) is 6.20 Å². The normalized spacial score (nSPS) is 12.2. The summed E-state index contributed by atoms with van der Waals surface area (Å²) >= 11 is 0. The molecule has 0 fully saturated rings. The minimum atomic E-state index is -0.996. The lowest BCUT2D eigenvalue weighted by atomic mass is 10.1. The zero-order chi connectivity index (χ0) is 13.1. The summed E-state index contributed by atoms with van der Waals surface area (Å²) in [6, 6.07) is 6.53. The van der Waals surface area contributed by atoms with Crippen LogP contribution in [0.3, 0.4) is 0 Å². The number of aliphatic hydroxyl groups excluding tert-OH is 1. The molecule has 0 amide bonds. The SMILES string of the molecule is COC(=O)c1ccc(C(O)c2ccc(C)cn2)o1. The molecule has 0 aliphatic heterocycles. The van der Waals surface area contributed by atoms with Gasteiger partial charge in [0.25, 0.3) is 0 Å². The molecule has 0 bridgehead atoms. The molecule has 1 atom stereocenters. The molecule has 0 aliphatic carbocycles. The second-order valence-electron chi connectivity index (χ2n) is 3.86. The van der Waals surface area contributed by atoms with E-state index in [1.807, 2.05) is 13.0 Å². The van der Waals surface area contributed by atoms with Gasteiger partial charge in [0.1, 0.15) is 5.76 Å². The largest absolute Gasteiger partial charge is 0.463 e. The van der Waals surface area contributed by atoms with Gasteiger partial charge in [-0.05, 0) is 30.7 Å². The number of aromatic nitrogens is 1. The fourth-order valence-electron chi connectivity index (χ4n) is 1.50. The lowest BCUT2D eigenvalue weighted by Gasteiger charge is -2.07. The Labute approximate surface area is 104 Å². The molecule has 94 valence electrons. The summed E-state index contributed by atoms with van der Waals surface area (Å²) in [6.07, 6.45) is 0.659. The van der Waals surface area contributed by atoms with E-state index in [0.29, 0.717) is 5.69 Å². The molecule has 1 N–H and O–H groups in total. The van der Waals surface area contributed by atoms with Crippen LogP contribution in [0.25, 0.3) is 0 Å². The van der Waals surface area contributed by atoms with E-state index in [0.717, 1.165) is 5.56 Å². The molecule has 2 aromatic heterocycles. The van der Waals surface area contributed by atoms with Crippen LogP contribution in [-0.2, 0) is 4.74 Å². The zero-order valence-corrected chi connectivity index (χ0v) is 10.1. The molecule has 5 nitrogen and oxygen atoms in total. The number of hydrogen-bond acceptors (Lipinski definition) is 5. The lowest BCUT2D eigenvalue weighted by molar-refractivity contribution is 0.0557. The zero-order valence-electron chi connectivity index (χ0n) is 10.1. The highest BCUT2D eigenvalue weighted by molar-refractivity contribution is 5.86. The van der Waals surface area contributed by atoms with E-state index in [1.54, 1.807) is 12.3 Å². The third-order valence-electron chi connectivity index (χ3n) is 2.50. The number of rotatable bonds is 3. The van der Waals surface area contributed by atoms with Crippen LogP contribution >= 0.6 is 0 Å². The first-order valence-corrected chi connectivity index (χ1v) is 5.40. The van der Waals surface area contributed by atoms with Crippen molar-refractivity contribution in [1.29, 1.82) is 0 Å². The Kier molecular flexibility index (Phi) is 3.43. The molecule has 5 heteroatoms.